The molecule has 0 spiro atoms. The summed E-state index contributed by atoms with van der Waals surface area (Å²) in [5.74, 6) is 3.71. The van der Waals surface area contributed by atoms with Crippen LogP contribution in [0.5, 0.6) is 23.0 Å². The molecule has 2 N–H and O–H groups in total. The molecule has 7 heteroatoms. The predicted molar refractivity (Wildman–Crippen MR) is 122 cm³/mol. The molecule has 3 rings (SSSR count). The zero-order valence-electron chi connectivity index (χ0n) is 18.9. The van der Waals surface area contributed by atoms with Crippen LogP contribution in [0, 0.1) is 0 Å². The Morgan fingerprint density at radius 3 is 1.84 bits per heavy atom. The zero-order chi connectivity index (χ0) is 22.1. The molecule has 0 saturated heterocycles. The number of benzene rings is 2. The molecule has 31 heavy (non-hydrogen) atoms. The number of methoxy groups -OCH3 is 3. The van der Waals surface area contributed by atoms with Crippen molar-refractivity contribution < 1.29 is 18.9 Å². The van der Waals surface area contributed by atoms with Crippen molar-refractivity contribution in [2.75, 3.05) is 28.4 Å². The number of guanidine groups is 1. The van der Waals surface area contributed by atoms with Crippen molar-refractivity contribution >= 4 is 5.96 Å². The molecular formula is C24H33N3O4. The topological polar surface area (TPSA) is 73.3 Å². The van der Waals surface area contributed by atoms with Crippen molar-refractivity contribution in [2.45, 2.75) is 44.9 Å². The van der Waals surface area contributed by atoms with E-state index in [9.17, 15) is 0 Å². The van der Waals surface area contributed by atoms with Crippen LogP contribution in [0.4, 0.5) is 0 Å². The van der Waals surface area contributed by atoms with Crippen molar-refractivity contribution in [1.82, 2.24) is 10.6 Å². The maximum Gasteiger partial charge on any atom is 0.191 e. The van der Waals surface area contributed by atoms with Crippen LogP contribution >= 0.6 is 0 Å². The molecule has 0 heterocycles. The number of ether oxygens (including phenoxy) is 4. The minimum atomic E-state index is 0.285. The van der Waals surface area contributed by atoms with E-state index in [4.69, 9.17) is 18.9 Å². The molecule has 0 aliphatic heterocycles. The predicted octanol–water partition coefficient (Wildman–Crippen LogP) is 3.90. The fourth-order valence-electron chi connectivity index (χ4n) is 3.69. The minimum Gasteiger partial charge on any atom is -0.493 e. The standard InChI is InChI=1S/C24H33N3O4/c1-25-24(26-15-17-9-11-20(28-2)22(13-17)30-4)27-16-18-10-12-21(29-3)23(14-18)31-19-7-5-6-8-19/h9-14,19H,5-8,15-16H2,1-4H3,(H2,25,26,27). The summed E-state index contributed by atoms with van der Waals surface area (Å²) in [5, 5.41) is 6.68. The maximum absolute atomic E-state index is 6.20. The van der Waals surface area contributed by atoms with Gasteiger partial charge < -0.3 is 29.6 Å². The van der Waals surface area contributed by atoms with E-state index in [2.05, 4.69) is 15.6 Å². The summed E-state index contributed by atoms with van der Waals surface area (Å²) in [6.07, 6.45) is 4.97. The third-order valence-corrected chi connectivity index (χ3v) is 5.42. The smallest absolute Gasteiger partial charge is 0.191 e. The second-order valence-electron chi connectivity index (χ2n) is 7.48. The van der Waals surface area contributed by atoms with E-state index in [1.165, 1.54) is 12.8 Å². The molecule has 1 aliphatic rings. The van der Waals surface area contributed by atoms with E-state index in [1.807, 2.05) is 36.4 Å². The van der Waals surface area contributed by atoms with E-state index >= 15 is 0 Å². The van der Waals surface area contributed by atoms with Crippen molar-refractivity contribution in [1.29, 1.82) is 0 Å². The Labute approximate surface area is 184 Å². The molecule has 0 bridgehead atoms. The van der Waals surface area contributed by atoms with Gasteiger partial charge in [0, 0.05) is 20.1 Å². The number of nitrogens with one attached hydrogen (secondary N) is 2. The molecular weight excluding hydrogens is 394 g/mol. The summed E-state index contributed by atoms with van der Waals surface area (Å²) in [5.41, 5.74) is 2.17. The van der Waals surface area contributed by atoms with Crippen LogP contribution in [0.25, 0.3) is 0 Å². The summed E-state index contributed by atoms with van der Waals surface area (Å²) in [6, 6.07) is 11.9. The number of rotatable bonds is 9. The van der Waals surface area contributed by atoms with Gasteiger partial charge in [0.25, 0.3) is 0 Å². The summed E-state index contributed by atoms with van der Waals surface area (Å²) < 4.78 is 22.3. The SMILES string of the molecule is CN=C(NCc1ccc(OC)c(OC)c1)NCc1ccc(OC)c(OC2CCCC2)c1. The van der Waals surface area contributed by atoms with Crippen LogP contribution in [-0.4, -0.2) is 40.4 Å². The number of aliphatic imine (C=N–C) groups is 1. The van der Waals surface area contributed by atoms with Crippen molar-refractivity contribution in [3.05, 3.63) is 47.5 Å². The average Bonchev–Trinajstić information content (AvgIpc) is 3.32. The van der Waals surface area contributed by atoms with Crippen molar-refractivity contribution in [3.8, 4) is 23.0 Å². The van der Waals surface area contributed by atoms with E-state index < -0.39 is 0 Å². The molecule has 0 atom stereocenters. The van der Waals surface area contributed by atoms with Crippen LogP contribution in [0.3, 0.4) is 0 Å². The number of hydrogen-bond acceptors (Lipinski definition) is 5. The van der Waals surface area contributed by atoms with Gasteiger partial charge in [-0.05, 0) is 61.1 Å². The quantitative estimate of drug-likeness (QED) is 0.467. The Hall–Kier alpha value is -3.09. The first kappa shape index (κ1) is 22.6. The van der Waals surface area contributed by atoms with E-state index in [0.717, 1.165) is 35.5 Å². The van der Waals surface area contributed by atoms with Crippen LogP contribution in [0.1, 0.15) is 36.8 Å². The normalized spacial score (nSPS) is 14.3. The van der Waals surface area contributed by atoms with Crippen LogP contribution in [-0.2, 0) is 13.1 Å². The third kappa shape index (κ3) is 6.20. The number of hydrogen-bond donors (Lipinski definition) is 2. The van der Waals surface area contributed by atoms with Gasteiger partial charge in [-0.2, -0.15) is 0 Å². The highest BCUT2D eigenvalue weighted by molar-refractivity contribution is 5.79. The monoisotopic (exact) mass is 427 g/mol. The highest BCUT2D eigenvalue weighted by Crippen LogP contribution is 2.32. The molecule has 0 radical (unpaired) electrons. The first-order valence-electron chi connectivity index (χ1n) is 10.7. The summed E-state index contributed by atoms with van der Waals surface area (Å²) in [7, 11) is 6.70. The van der Waals surface area contributed by atoms with Crippen LogP contribution in [0.15, 0.2) is 41.4 Å². The van der Waals surface area contributed by atoms with E-state index in [1.54, 1.807) is 28.4 Å². The summed E-state index contributed by atoms with van der Waals surface area (Å²) in [4.78, 5) is 4.32. The molecule has 1 fully saturated rings. The average molecular weight is 428 g/mol. The van der Waals surface area contributed by atoms with E-state index in [0.29, 0.717) is 30.5 Å². The molecule has 0 unspecified atom stereocenters. The minimum absolute atomic E-state index is 0.285. The zero-order valence-corrected chi connectivity index (χ0v) is 18.9. The summed E-state index contributed by atoms with van der Waals surface area (Å²) >= 11 is 0. The second kappa shape index (κ2) is 11.3. The van der Waals surface area contributed by atoms with Gasteiger partial charge in [-0.1, -0.05) is 12.1 Å². The number of nitrogens with zero attached hydrogens (tertiary/aromatic N) is 1. The molecule has 0 aromatic heterocycles. The van der Waals surface area contributed by atoms with Gasteiger partial charge in [0.15, 0.2) is 29.0 Å². The Morgan fingerprint density at radius 2 is 1.32 bits per heavy atom. The van der Waals surface area contributed by atoms with Gasteiger partial charge in [-0.25, -0.2) is 0 Å². The Morgan fingerprint density at radius 1 is 0.806 bits per heavy atom. The first-order valence-corrected chi connectivity index (χ1v) is 10.7. The Balaban J connectivity index is 1.57. The van der Waals surface area contributed by atoms with Crippen molar-refractivity contribution in [2.24, 2.45) is 4.99 Å². The molecule has 1 saturated carbocycles. The first-order chi connectivity index (χ1) is 15.2. The lowest BCUT2D eigenvalue weighted by molar-refractivity contribution is 0.200. The highest BCUT2D eigenvalue weighted by atomic mass is 16.5. The largest absolute Gasteiger partial charge is 0.493 e. The van der Waals surface area contributed by atoms with Gasteiger partial charge in [-0.3, -0.25) is 4.99 Å². The fraction of sp³-hybridized carbons (Fsp3) is 0.458. The Kier molecular flexibility index (Phi) is 8.27. The highest BCUT2D eigenvalue weighted by Gasteiger charge is 2.18. The molecule has 2 aromatic rings. The molecule has 1 aliphatic carbocycles. The van der Waals surface area contributed by atoms with Crippen LogP contribution < -0.4 is 29.6 Å². The molecule has 168 valence electrons. The third-order valence-electron chi connectivity index (χ3n) is 5.42. The maximum atomic E-state index is 6.20. The molecule has 0 amide bonds. The fourth-order valence-corrected chi connectivity index (χ4v) is 3.69. The van der Waals surface area contributed by atoms with Gasteiger partial charge in [0.2, 0.25) is 0 Å². The van der Waals surface area contributed by atoms with E-state index in [-0.39, 0.29) is 6.10 Å². The van der Waals surface area contributed by atoms with Crippen molar-refractivity contribution in [3.63, 3.8) is 0 Å². The second-order valence-corrected chi connectivity index (χ2v) is 7.48. The van der Waals surface area contributed by atoms with Gasteiger partial charge in [-0.15, -0.1) is 0 Å². The Bertz CT molecular complexity index is 879. The lowest BCUT2D eigenvalue weighted by Crippen LogP contribution is -2.36. The lowest BCUT2D eigenvalue weighted by atomic mass is 10.2. The van der Waals surface area contributed by atoms with Gasteiger partial charge in [0.1, 0.15) is 0 Å². The van der Waals surface area contributed by atoms with Gasteiger partial charge >= 0.3 is 0 Å². The lowest BCUT2D eigenvalue weighted by Gasteiger charge is -2.17. The summed E-state index contributed by atoms with van der Waals surface area (Å²) in [6.45, 7) is 1.23. The molecule has 7 nitrogen and oxygen atoms in total. The van der Waals surface area contributed by atoms with Gasteiger partial charge in [0.05, 0.1) is 27.4 Å². The molecule has 2 aromatic carbocycles. The van der Waals surface area contributed by atoms with Crippen LogP contribution in [0.2, 0.25) is 0 Å².